The quantitative estimate of drug-likeness (QED) is 0.909. The van der Waals surface area contributed by atoms with Crippen molar-refractivity contribution in [2.75, 3.05) is 5.32 Å². The van der Waals surface area contributed by atoms with Crippen LogP contribution in [0.1, 0.15) is 29.9 Å². The fraction of sp³-hybridized carbons (Fsp3) is 0.235. The van der Waals surface area contributed by atoms with Gasteiger partial charge < -0.3 is 5.32 Å². The van der Waals surface area contributed by atoms with Gasteiger partial charge in [0.15, 0.2) is 0 Å². The predicted molar refractivity (Wildman–Crippen MR) is 76.9 cm³/mol. The van der Waals surface area contributed by atoms with Crippen molar-refractivity contribution in [1.82, 2.24) is 0 Å². The summed E-state index contributed by atoms with van der Waals surface area (Å²) in [6.07, 6.45) is 2.04. The van der Waals surface area contributed by atoms with Crippen LogP contribution in [0, 0.1) is 17.1 Å². The van der Waals surface area contributed by atoms with Gasteiger partial charge in [-0.15, -0.1) is 0 Å². The molecular weight excluding hydrogens is 251 g/mol. The molecular formula is C17H15FN2. The number of hydrogen-bond acceptors (Lipinski definition) is 2. The fourth-order valence-electron chi connectivity index (χ4n) is 2.67. The largest absolute Gasteiger partial charge is 0.381 e. The van der Waals surface area contributed by atoms with E-state index in [0.717, 1.165) is 18.5 Å². The van der Waals surface area contributed by atoms with Crippen LogP contribution in [-0.2, 0) is 0 Å². The summed E-state index contributed by atoms with van der Waals surface area (Å²) >= 11 is 0. The second-order valence-electron chi connectivity index (χ2n) is 5.22. The van der Waals surface area contributed by atoms with Crippen molar-refractivity contribution in [2.24, 2.45) is 0 Å². The molecule has 0 bridgehead atoms. The number of halogens is 1. The number of para-hydroxylation sites is 1. The van der Waals surface area contributed by atoms with Crippen LogP contribution in [0.15, 0.2) is 48.5 Å². The van der Waals surface area contributed by atoms with Gasteiger partial charge in [-0.3, -0.25) is 0 Å². The average Bonchev–Trinajstić information content (AvgIpc) is 2.44. The maximum atomic E-state index is 12.9. The molecule has 0 heterocycles. The van der Waals surface area contributed by atoms with E-state index in [-0.39, 0.29) is 5.82 Å². The van der Waals surface area contributed by atoms with Crippen LogP contribution in [0.5, 0.6) is 0 Å². The van der Waals surface area contributed by atoms with E-state index in [1.165, 1.54) is 17.7 Å². The summed E-state index contributed by atoms with van der Waals surface area (Å²) < 4.78 is 12.9. The summed E-state index contributed by atoms with van der Waals surface area (Å²) in [7, 11) is 0. The van der Waals surface area contributed by atoms with Crippen molar-refractivity contribution in [1.29, 1.82) is 5.26 Å². The number of nitrogens with zero attached hydrogens (tertiary/aromatic N) is 1. The van der Waals surface area contributed by atoms with Crippen LogP contribution < -0.4 is 5.32 Å². The second-order valence-corrected chi connectivity index (χ2v) is 5.22. The summed E-state index contributed by atoms with van der Waals surface area (Å²) in [4.78, 5) is 0. The normalized spacial score (nSPS) is 20.8. The summed E-state index contributed by atoms with van der Waals surface area (Å²) in [6.45, 7) is 0. The molecule has 0 unspecified atom stereocenters. The number of nitriles is 1. The molecule has 2 nitrogen and oxygen atoms in total. The fourth-order valence-corrected chi connectivity index (χ4v) is 2.67. The van der Waals surface area contributed by atoms with E-state index in [1.54, 1.807) is 0 Å². The number of benzene rings is 2. The Labute approximate surface area is 117 Å². The molecule has 1 saturated carbocycles. The first-order valence-corrected chi connectivity index (χ1v) is 6.77. The minimum Gasteiger partial charge on any atom is -0.381 e. The highest BCUT2D eigenvalue weighted by Gasteiger charge is 2.30. The second kappa shape index (κ2) is 5.34. The van der Waals surface area contributed by atoms with Crippen molar-refractivity contribution in [2.45, 2.75) is 24.8 Å². The van der Waals surface area contributed by atoms with Gasteiger partial charge in [0.1, 0.15) is 11.9 Å². The van der Waals surface area contributed by atoms with Crippen LogP contribution in [0.25, 0.3) is 0 Å². The van der Waals surface area contributed by atoms with Crippen molar-refractivity contribution in [3.8, 4) is 6.07 Å². The average molecular weight is 266 g/mol. The van der Waals surface area contributed by atoms with Crippen molar-refractivity contribution >= 4 is 5.69 Å². The lowest BCUT2D eigenvalue weighted by Crippen LogP contribution is -2.34. The lowest BCUT2D eigenvalue weighted by atomic mass is 9.76. The zero-order chi connectivity index (χ0) is 13.9. The van der Waals surface area contributed by atoms with Crippen molar-refractivity contribution in [3.63, 3.8) is 0 Å². The molecule has 2 aromatic rings. The molecule has 2 aromatic carbocycles. The molecule has 1 N–H and O–H groups in total. The summed E-state index contributed by atoms with van der Waals surface area (Å²) in [5, 5.41) is 12.5. The molecule has 3 heteroatoms. The van der Waals surface area contributed by atoms with E-state index in [2.05, 4.69) is 11.4 Å². The summed E-state index contributed by atoms with van der Waals surface area (Å²) in [5.74, 6) is 0.299. The standard InChI is InChI=1S/C17H15FN2/c18-15-7-5-12(6-8-15)14-9-16(10-14)20-17-4-2-1-3-13(17)11-19/h1-8,14,16,20H,9-10H2. The lowest BCUT2D eigenvalue weighted by molar-refractivity contribution is 0.374. The van der Waals surface area contributed by atoms with Crippen LogP contribution in [-0.4, -0.2) is 6.04 Å². The molecule has 0 aromatic heterocycles. The Morgan fingerprint density at radius 1 is 1.05 bits per heavy atom. The summed E-state index contributed by atoms with van der Waals surface area (Å²) in [5.41, 5.74) is 2.77. The van der Waals surface area contributed by atoms with Gasteiger partial charge in [0.2, 0.25) is 0 Å². The van der Waals surface area contributed by atoms with Gasteiger partial charge in [0.05, 0.1) is 11.3 Å². The molecule has 1 aliphatic carbocycles. The summed E-state index contributed by atoms with van der Waals surface area (Å²) in [6, 6.07) is 16.9. The van der Waals surface area contributed by atoms with Gasteiger partial charge in [-0.05, 0) is 48.6 Å². The van der Waals surface area contributed by atoms with Gasteiger partial charge in [0.25, 0.3) is 0 Å². The minimum atomic E-state index is -0.189. The molecule has 1 fully saturated rings. The van der Waals surface area contributed by atoms with E-state index in [4.69, 9.17) is 5.26 Å². The van der Waals surface area contributed by atoms with Crippen LogP contribution >= 0.6 is 0 Å². The topological polar surface area (TPSA) is 35.8 Å². The lowest BCUT2D eigenvalue weighted by Gasteiger charge is -2.37. The molecule has 0 saturated heterocycles. The smallest absolute Gasteiger partial charge is 0.123 e. The van der Waals surface area contributed by atoms with E-state index in [0.29, 0.717) is 17.5 Å². The number of nitrogens with one attached hydrogen (secondary N) is 1. The Kier molecular flexibility index (Phi) is 3.39. The third-order valence-electron chi connectivity index (χ3n) is 3.89. The number of anilines is 1. The van der Waals surface area contributed by atoms with E-state index in [9.17, 15) is 4.39 Å². The Hall–Kier alpha value is -2.34. The van der Waals surface area contributed by atoms with Crippen LogP contribution in [0.4, 0.5) is 10.1 Å². The molecule has 100 valence electrons. The molecule has 1 aliphatic rings. The van der Waals surface area contributed by atoms with E-state index >= 15 is 0 Å². The van der Waals surface area contributed by atoms with Gasteiger partial charge in [-0.1, -0.05) is 24.3 Å². The zero-order valence-corrected chi connectivity index (χ0v) is 11.0. The molecule has 0 aliphatic heterocycles. The SMILES string of the molecule is N#Cc1ccccc1NC1CC(c2ccc(F)cc2)C1. The Bertz CT molecular complexity index is 637. The Morgan fingerprint density at radius 2 is 1.75 bits per heavy atom. The molecule has 0 atom stereocenters. The first kappa shape index (κ1) is 12.7. The monoisotopic (exact) mass is 266 g/mol. The highest BCUT2D eigenvalue weighted by molar-refractivity contribution is 5.58. The maximum absolute atomic E-state index is 12.9. The highest BCUT2D eigenvalue weighted by atomic mass is 19.1. The van der Waals surface area contributed by atoms with Gasteiger partial charge in [-0.25, -0.2) is 4.39 Å². The van der Waals surface area contributed by atoms with Gasteiger partial charge in [-0.2, -0.15) is 5.26 Å². The third-order valence-corrected chi connectivity index (χ3v) is 3.89. The van der Waals surface area contributed by atoms with Gasteiger partial charge in [0, 0.05) is 6.04 Å². The van der Waals surface area contributed by atoms with E-state index in [1.807, 2.05) is 36.4 Å². The molecule has 3 rings (SSSR count). The van der Waals surface area contributed by atoms with Crippen LogP contribution in [0.3, 0.4) is 0 Å². The minimum absolute atomic E-state index is 0.189. The Morgan fingerprint density at radius 3 is 2.45 bits per heavy atom. The van der Waals surface area contributed by atoms with Crippen molar-refractivity contribution in [3.05, 3.63) is 65.5 Å². The molecule has 0 radical (unpaired) electrons. The molecule has 0 amide bonds. The third kappa shape index (κ3) is 2.50. The molecule has 20 heavy (non-hydrogen) atoms. The maximum Gasteiger partial charge on any atom is 0.123 e. The van der Waals surface area contributed by atoms with Crippen molar-refractivity contribution < 1.29 is 4.39 Å². The van der Waals surface area contributed by atoms with Gasteiger partial charge >= 0.3 is 0 Å². The van der Waals surface area contributed by atoms with Crippen LogP contribution in [0.2, 0.25) is 0 Å². The van der Waals surface area contributed by atoms with E-state index < -0.39 is 0 Å². The first-order chi connectivity index (χ1) is 9.76. The number of hydrogen-bond donors (Lipinski definition) is 1. The highest BCUT2D eigenvalue weighted by Crippen LogP contribution is 2.38. The molecule has 0 spiro atoms. The predicted octanol–water partition coefficient (Wildman–Crippen LogP) is 4.06. The first-order valence-electron chi connectivity index (χ1n) is 6.77. The number of rotatable bonds is 3. The Balaban J connectivity index is 1.61. The zero-order valence-electron chi connectivity index (χ0n) is 11.0.